The molecule has 2 rings (SSSR count). The van der Waals surface area contributed by atoms with Crippen LogP contribution in [0.4, 0.5) is 0 Å². The van der Waals surface area contributed by atoms with Gasteiger partial charge in [0.15, 0.2) is 5.17 Å². The van der Waals surface area contributed by atoms with Crippen LogP contribution in [0.5, 0.6) is 0 Å². The van der Waals surface area contributed by atoms with Crippen molar-refractivity contribution in [2.45, 2.75) is 5.75 Å². The van der Waals surface area contributed by atoms with E-state index in [1.807, 2.05) is 18.2 Å². The van der Waals surface area contributed by atoms with Crippen molar-refractivity contribution in [3.63, 3.8) is 0 Å². The zero-order chi connectivity index (χ0) is 12.1. The monoisotopic (exact) mass is 268 g/mol. The van der Waals surface area contributed by atoms with Crippen LogP contribution in [0, 0.1) is 0 Å². The summed E-state index contributed by atoms with van der Waals surface area (Å²) in [5.41, 5.74) is 1.23. The Bertz CT molecular complexity index is 422. The van der Waals surface area contributed by atoms with E-state index in [0.29, 0.717) is 13.1 Å². The summed E-state index contributed by atoms with van der Waals surface area (Å²) in [6, 6.07) is 10.1. The Morgan fingerprint density at radius 1 is 1.41 bits per heavy atom. The molecule has 0 saturated heterocycles. The summed E-state index contributed by atoms with van der Waals surface area (Å²) in [4.78, 5) is 17.5. The summed E-state index contributed by atoms with van der Waals surface area (Å²) in [5, 5.41) is 0.791. The molecule has 3 nitrogen and oxygen atoms in total. The minimum absolute atomic E-state index is 0.0188. The summed E-state index contributed by atoms with van der Waals surface area (Å²) in [7, 11) is 0. The fraction of sp³-hybridized carbons (Fsp3) is 0.333. The molecule has 0 spiro atoms. The van der Waals surface area contributed by atoms with E-state index >= 15 is 0 Å². The summed E-state index contributed by atoms with van der Waals surface area (Å²) < 4.78 is 0. The normalized spacial score (nSPS) is 14.9. The number of carbonyl (C=O) groups excluding carboxylic acids is 1. The molecule has 1 heterocycles. The molecule has 17 heavy (non-hydrogen) atoms. The number of thioether (sulfide) groups is 1. The molecule has 0 unspecified atom stereocenters. The number of hydrogen-bond acceptors (Lipinski definition) is 3. The van der Waals surface area contributed by atoms with Crippen molar-refractivity contribution in [2.24, 2.45) is 4.99 Å². The maximum absolute atomic E-state index is 11.5. The highest BCUT2D eigenvalue weighted by Crippen LogP contribution is 2.19. The summed E-state index contributed by atoms with van der Waals surface area (Å²) in [5.74, 6) is 0.778. The van der Waals surface area contributed by atoms with Gasteiger partial charge in [-0.25, -0.2) is 0 Å². The maximum atomic E-state index is 11.5. The second kappa shape index (κ2) is 6.07. The first-order valence-corrected chi connectivity index (χ1v) is 6.91. The largest absolute Gasteiger partial charge is 0.289 e. The van der Waals surface area contributed by atoms with Crippen LogP contribution in [-0.2, 0) is 10.5 Å². The van der Waals surface area contributed by atoms with Gasteiger partial charge < -0.3 is 0 Å². The third-order valence-electron chi connectivity index (χ3n) is 2.43. The van der Waals surface area contributed by atoms with Crippen LogP contribution >= 0.6 is 23.4 Å². The lowest BCUT2D eigenvalue weighted by Crippen LogP contribution is -2.33. The lowest BCUT2D eigenvalue weighted by Gasteiger charge is -2.16. The molecule has 0 N–H and O–H groups in total. The Hall–Kier alpha value is -1.00. The molecule has 90 valence electrons. The van der Waals surface area contributed by atoms with Gasteiger partial charge in [0.05, 0.1) is 6.54 Å². The highest BCUT2D eigenvalue weighted by molar-refractivity contribution is 8.13. The van der Waals surface area contributed by atoms with Crippen LogP contribution in [0.15, 0.2) is 35.3 Å². The number of hydrogen-bond donors (Lipinski definition) is 0. The molecule has 0 bridgehead atoms. The van der Waals surface area contributed by atoms with Crippen LogP contribution in [0.25, 0.3) is 0 Å². The second-order valence-electron chi connectivity index (χ2n) is 3.62. The van der Waals surface area contributed by atoms with E-state index in [2.05, 4.69) is 17.1 Å². The third kappa shape index (κ3) is 3.23. The number of halogens is 1. The molecule has 1 amide bonds. The quantitative estimate of drug-likeness (QED) is 0.789. The molecular weight excluding hydrogens is 256 g/mol. The van der Waals surface area contributed by atoms with Crippen LogP contribution in [0.1, 0.15) is 5.56 Å². The van der Waals surface area contributed by atoms with E-state index in [1.54, 1.807) is 16.7 Å². The fourth-order valence-corrected chi connectivity index (χ4v) is 2.74. The van der Waals surface area contributed by atoms with Crippen molar-refractivity contribution in [3.05, 3.63) is 35.9 Å². The van der Waals surface area contributed by atoms with Crippen molar-refractivity contribution in [3.8, 4) is 0 Å². The SMILES string of the molecule is O=C(CCl)N1CCN=C1SCc1ccccc1. The maximum Gasteiger partial charge on any atom is 0.243 e. The molecule has 0 saturated carbocycles. The van der Waals surface area contributed by atoms with Gasteiger partial charge in [-0.3, -0.25) is 14.7 Å². The molecule has 1 aliphatic heterocycles. The molecule has 1 aromatic carbocycles. The van der Waals surface area contributed by atoms with Crippen molar-refractivity contribution < 1.29 is 4.79 Å². The third-order valence-corrected chi connectivity index (χ3v) is 3.74. The van der Waals surface area contributed by atoms with Crippen molar-refractivity contribution in [1.82, 2.24) is 4.90 Å². The van der Waals surface area contributed by atoms with Gasteiger partial charge in [-0.2, -0.15) is 0 Å². The van der Waals surface area contributed by atoms with E-state index < -0.39 is 0 Å². The Morgan fingerprint density at radius 3 is 2.88 bits per heavy atom. The molecule has 0 radical (unpaired) electrons. The lowest BCUT2D eigenvalue weighted by molar-refractivity contribution is -0.124. The highest BCUT2D eigenvalue weighted by Gasteiger charge is 2.22. The predicted molar refractivity (Wildman–Crippen MR) is 72.5 cm³/mol. The first-order chi connectivity index (χ1) is 8.31. The summed E-state index contributed by atoms with van der Waals surface area (Å²) in [6.07, 6.45) is 0. The van der Waals surface area contributed by atoms with Gasteiger partial charge in [0.2, 0.25) is 5.91 Å². The predicted octanol–water partition coefficient (Wildman–Crippen LogP) is 2.36. The van der Waals surface area contributed by atoms with Gasteiger partial charge in [0.25, 0.3) is 0 Å². The first-order valence-electron chi connectivity index (χ1n) is 5.39. The van der Waals surface area contributed by atoms with Gasteiger partial charge in [-0.15, -0.1) is 11.6 Å². The molecule has 1 aromatic rings. The zero-order valence-corrected chi connectivity index (χ0v) is 10.9. The Kier molecular flexibility index (Phi) is 4.45. The van der Waals surface area contributed by atoms with Gasteiger partial charge in [-0.1, -0.05) is 42.1 Å². The number of benzene rings is 1. The minimum Gasteiger partial charge on any atom is -0.289 e. The van der Waals surface area contributed by atoms with Crippen molar-refractivity contribution in [2.75, 3.05) is 19.0 Å². The number of amides is 1. The second-order valence-corrected chi connectivity index (χ2v) is 4.83. The van der Waals surface area contributed by atoms with E-state index in [1.165, 1.54) is 5.56 Å². The molecule has 0 aromatic heterocycles. The lowest BCUT2D eigenvalue weighted by atomic mass is 10.2. The minimum atomic E-state index is -0.0662. The molecule has 5 heteroatoms. The molecule has 0 atom stereocenters. The van der Waals surface area contributed by atoms with Crippen LogP contribution < -0.4 is 0 Å². The fourth-order valence-electron chi connectivity index (χ4n) is 1.58. The highest BCUT2D eigenvalue weighted by atomic mass is 35.5. The topological polar surface area (TPSA) is 32.7 Å². The average molecular weight is 269 g/mol. The summed E-state index contributed by atoms with van der Waals surface area (Å²) >= 11 is 7.14. The van der Waals surface area contributed by atoms with Crippen molar-refractivity contribution >= 4 is 34.4 Å². The zero-order valence-electron chi connectivity index (χ0n) is 9.30. The summed E-state index contributed by atoms with van der Waals surface area (Å²) in [6.45, 7) is 1.34. The number of carbonyl (C=O) groups is 1. The van der Waals surface area contributed by atoms with Gasteiger partial charge in [0, 0.05) is 12.3 Å². The van der Waals surface area contributed by atoms with Gasteiger partial charge in [-0.05, 0) is 5.56 Å². The smallest absolute Gasteiger partial charge is 0.243 e. The Morgan fingerprint density at radius 2 is 2.18 bits per heavy atom. The number of nitrogens with zero attached hydrogens (tertiary/aromatic N) is 2. The first kappa shape index (κ1) is 12.5. The standard InChI is InChI=1S/C12H13ClN2OS/c13-8-11(16)15-7-6-14-12(15)17-9-10-4-2-1-3-5-10/h1-5H,6-9H2. The molecule has 0 fully saturated rings. The number of amidine groups is 1. The van der Waals surface area contributed by atoms with E-state index in [4.69, 9.17) is 11.6 Å². The van der Waals surface area contributed by atoms with Crippen LogP contribution in [-0.4, -0.2) is 34.9 Å². The number of aliphatic imine (C=N–C) groups is 1. The Labute approximate surface area is 110 Å². The molecule has 0 aliphatic carbocycles. The van der Waals surface area contributed by atoms with E-state index in [9.17, 15) is 4.79 Å². The molecule has 1 aliphatic rings. The average Bonchev–Trinajstić information content (AvgIpc) is 2.85. The van der Waals surface area contributed by atoms with Gasteiger partial charge in [0.1, 0.15) is 5.88 Å². The number of rotatable bonds is 3. The van der Waals surface area contributed by atoms with E-state index in [0.717, 1.165) is 10.9 Å². The Balaban J connectivity index is 1.93. The van der Waals surface area contributed by atoms with Crippen molar-refractivity contribution in [1.29, 1.82) is 0 Å². The van der Waals surface area contributed by atoms with Crippen LogP contribution in [0.3, 0.4) is 0 Å². The van der Waals surface area contributed by atoms with E-state index in [-0.39, 0.29) is 11.8 Å². The van der Waals surface area contributed by atoms with Crippen LogP contribution in [0.2, 0.25) is 0 Å². The van der Waals surface area contributed by atoms with Gasteiger partial charge >= 0.3 is 0 Å². The number of alkyl halides is 1. The molecular formula is C12H13ClN2OS.